The van der Waals surface area contributed by atoms with Gasteiger partial charge in [-0.2, -0.15) is 0 Å². The molecular weight excluding hydrogens is 266 g/mol. The number of nitrogens with two attached hydrogens (primary N) is 1. The molecule has 100 valence electrons. The van der Waals surface area contributed by atoms with Crippen molar-refractivity contribution in [3.05, 3.63) is 36.7 Å². The molecule has 0 amide bonds. The monoisotopic (exact) mass is 279 g/mol. The molecule has 0 spiro atoms. The Labute approximate surface area is 111 Å². The molecule has 0 aliphatic rings. The second-order valence-corrected chi connectivity index (χ2v) is 5.63. The van der Waals surface area contributed by atoms with Gasteiger partial charge in [0, 0.05) is 0 Å². The standard InChI is InChI=1S/C12H13N3O3S/c1-2-18-9-3-5-10(6-4-9)19(16,17)11-7-14-12(13)15-8-11/h3-8H,2H2,1H3,(H2,13,14,15). The third-order valence-electron chi connectivity index (χ3n) is 2.40. The molecule has 0 saturated heterocycles. The van der Waals surface area contributed by atoms with Gasteiger partial charge in [0.25, 0.3) is 0 Å². The minimum atomic E-state index is -3.62. The second-order valence-electron chi connectivity index (χ2n) is 3.68. The molecule has 2 aromatic rings. The van der Waals surface area contributed by atoms with Crippen molar-refractivity contribution in [3.63, 3.8) is 0 Å². The maximum absolute atomic E-state index is 12.3. The Hall–Kier alpha value is -2.15. The van der Waals surface area contributed by atoms with Crippen LogP contribution in [0.2, 0.25) is 0 Å². The third-order valence-corrected chi connectivity index (χ3v) is 4.13. The van der Waals surface area contributed by atoms with E-state index in [1.807, 2.05) is 6.92 Å². The van der Waals surface area contributed by atoms with Gasteiger partial charge in [0.05, 0.1) is 23.9 Å². The van der Waals surface area contributed by atoms with Crippen LogP contribution >= 0.6 is 0 Å². The van der Waals surface area contributed by atoms with Gasteiger partial charge in [-0.15, -0.1) is 0 Å². The molecule has 0 saturated carbocycles. The number of aromatic nitrogens is 2. The maximum atomic E-state index is 12.3. The summed E-state index contributed by atoms with van der Waals surface area (Å²) in [5, 5.41) is 0. The lowest BCUT2D eigenvalue weighted by Gasteiger charge is -2.06. The van der Waals surface area contributed by atoms with E-state index < -0.39 is 9.84 Å². The van der Waals surface area contributed by atoms with Gasteiger partial charge in [-0.25, -0.2) is 18.4 Å². The van der Waals surface area contributed by atoms with Gasteiger partial charge >= 0.3 is 0 Å². The summed E-state index contributed by atoms with van der Waals surface area (Å²) < 4.78 is 29.8. The van der Waals surface area contributed by atoms with Crippen molar-refractivity contribution >= 4 is 15.8 Å². The van der Waals surface area contributed by atoms with Gasteiger partial charge < -0.3 is 10.5 Å². The third kappa shape index (κ3) is 2.82. The quantitative estimate of drug-likeness (QED) is 0.906. The molecule has 6 nitrogen and oxygen atoms in total. The number of ether oxygens (including phenoxy) is 1. The Morgan fingerprint density at radius 2 is 1.68 bits per heavy atom. The number of benzene rings is 1. The Bertz CT molecular complexity index is 652. The molecule has 1 aromatic carbocycles. The molecule has 2 rings (SSSR count). The average Bonchev–Trinajstić information content (AvgIpc) is 2.40. The summed E-state index contributed by atoms with van der Waals surface area (Å²) in [6, 6.07) is 6.18. The van der Waals surface area contributed by atoms with E-state index >= 15 is 0 Å². The lowest BCUT2D eigenvalue weighted by atomic mass is 10.3. The van der Waals surface area contributed by atoms with Gasteiger partial charge in [0.15, 0.2) is 0 Å². The number of hydrogen-bond acceptors (Lipinski definition) is 6. The minimum Gasteiger partial charge on any atom is -0.494 e. The zero-order valence-electron chi connectivity index (χ0n) is 10.3. The molecule has 0 radical (unpaired) electrons. The van der Waals surface area contributed by atoms with Crippen LogP contribution < -0.4 is 10.5 Å². The van der Waals surface area contributed by atoms with E-state index in [0.29, 0.717) is 12.4 Å². The number of nitrogens with zero attached hydrogens (tertiary/aromatic N) is 2. The fourth-order valence-electron chi connectivity index (χ4n) is 1.48. The van der Waals surface area contributed by atoms with Crippen LogP contribution in [0.4, 0.5) is 5.95 Å². The maximum Gasteiger partial charge on any atom is 0.219 e. The first-order valence-corrected chi connectivity index (χ1v) is 7.08. The molecule has 7 heteroatoms. The largest absolute Gasteiger partial charge is 0.494 e. The summed E-state index contributed by atoms with van der Waals surface area (Å²) >= 11 is 0. The van der Waals surface area contributed by atoms with Crippen LogP contribution in [-0.2, 0) is 9.84 Å². The summed E-state index contributed by atoms with van der Waals surface area (Å²) in [4.78, 5) is 7.52. The second kappa shape index (κ2) is 5.23. The minimum absolute atomic E-state index is 0.00543. The van der Waals surface area contributed by atoms with Crippen LogP contribution in [0.15, 0.2) is 46.5 Å². The first-order chi connectivity index (χ1) is 9.04. The molecule has 19 heavy (non-hydrogen) atoms. The van der Waals surface area contributed by atoms with E-state index in [1.54, 1.807) is 12.1 Å². The van der Waals surface area contributed by atoms with Gasteiger partial charge in [0.1, 0.15) is 10.6 Å². The molecular formula is C12H13N3O3S. The summed E-state index contributed by atoms with van der Waals surface area (Å²) in [6.45, 7) is 2.38. The van der Waals surface area contributed by atoms with Gasteiger partial charge in [-0.3, -0.25) is 0 Å². The molecule has 0 bridgehead atoms. The summed E-state index contributed by atoms with van der Waals surface area (Å²) in [7, 11) is -3.62. The van der Waals surface area contributed by atoms with E-state index in [-0.39, 0.29) is 15.7 Å². The summed E-state index contributed by atoms with van der Waals surface area (Å²) in [5.74, 6) is 0.653. The predicted molar refractivity (Wildman–Crippen MR) is 69.5 cm³/mol. The number of sulfone groups is 1. The molecule has 0 unspecified atom stereocenters. The van der Waals surface area contributed by atoms with E-state index in [1.165, 1.54) is 24.5 Å². The molecule has 2 N–H and O–H groups in total. The topological polar surface area (TPSA) is 95.2 Å². The molecule has 1 aromatic heterocycles. The highest BCUT2D eigenvalue weighted by Crippen LogP contribution is 2.22. The van der Waals surface area contributed by atoms with Gasteiger partial charge in [0.2, 0.25) is 15.8 Å². The lowest BCUT2D eigenvalue weighted by Crippen LogP contribution is -2.05. The van der Waals surface area contributed by atoms with Gasteiger partial charge in [-0.1, -0.05) is 0 Å². The zero-order chi connectivity index (χ0) is 13.9. The lowest BCUT2D eigenvalue weighted by molar-refractivity contribution is 0.340. The number of rotatable bonds is 4. The van der Waals surface area contributed by atoms with Crippen LogP contribution in [0.25, 0.3) is 0 Å². The van der Waals surface area contributed by atoms with E-state index in [2.05, 4.69) is 9.97 Å². The van der Waals surface area contributed by atoms with Crippen molar-refractivity contribution in [2.45, 2.75) is 16.7 Å². The Kier molecular flexibility index (Phi) is 3.66. The first kappa shape index (κ1) is 13.3. The van der Waals surface area contributed by atoms with E-state index in [0.717, 1.165) is 0 Å². The van der Waals surface area contributed by atoms with Crippen molar-refractivity contribution < 1.29 is 13.2 Å². The molecule has 1 heterocycles. The molecule has 0 fully saturated rings. The zero-order valence-corrected chi connectivity index (χ0v) is 11.1. The van der Waals surface area contributed by atoms with Crippen LogP contribution in [0, 0.1) is 0 Å². The molecule has 0 aliphatic heterocycles. The fourth-order valence-corrected chi connectivity index (χ4v) is 2.63. The highest BCUT2D eigenvalue weighted by molar-refractivity contribution is 7.91. The van der Waals surface area contributed by atoms with Crippen LogP contribution in [-0.4, -0.2) is 25.0 Å². The number of hydrogen-bond donors (Lipinski definition) is 1. The van der Waals surface area contributed by atoms with Gasteiger partial charge in [-0.05, 0) is 31.2 Å². The Morgan fingerprint density at radius 3 is 2.21 bits per heavy atom. The number of anilines is 1. The van der Waals surface area contributed by atoms with Crippen molar-refractivity contribution in [2.75, 3.05) is 12.3 Å². The smallest absolute Gasteiger partial charge is 0.219 e. The van der Waals surface area contributed by atoms with Crippen molar-refractivity contribution in [1.82, 2.24) is 9.97 Å². The van der Waals surface area contributed by atoms with Crippen LogP contribution in [0.3, 0.4) is 0 Å². The average molecular weight is 279 g/mol. The first-order valence-electron chi connectivity index (χ1n) is 5.59. The Morgan fingerprint density at radius 1 is 1.11 bits per heavy atom. The molecule has 0 aliphatic carbocycles. The van der Waals surface area contributed by atoms with Crippen molar-refractivity contribution in [1.29, 1.82) is 0 Å². The summed E-state index contributed by atoms with van der Waals surface area (Å²) in [5.41, 5.74) is 5.33. The highest BCUT2D eigenvalue weighted by atomic mass is 32.2. The van der Waals surface area contributed by atoms with E-state index in [4.69, 9.17) is 10.5 Å². The summed E-state index contributed by atoms with van der Waals surface area (Å²) in [6.07, 6.45) is 2.38. The van der Waals surface area contributed by atoms with Crippen LogP contribution in [0.1, 0.15) is 6.92 Å². The number of nitrogen functional groups attached to an aromatic ring is 1. The van der Waals surface area contributed by atoms with Crippen LogP contribution in [0.5, 0.6) is 5.75 Å². The molecule has 0 atom stereocenters. The van der Waals surface area contributed by atoms with Crippen molar-refractivity contribution in [3.8, 4) is 5.75 Å². The van der Waals surface area contributed by atoms with Crippen molar-refractivity contribution in [2.24, 2.45) is 0 Å². The SMILES string of the molecule is CCOc1ccc(S(=O)(=O)c2cnc(N)nc2)cc1. The fraction of sp³-hybridized carbons (Fsp3) is 0.167. The predicted octanol–water partition coefficient (Wildman–Crippen LogP) is 1.29. The normalized spacial score (nSPS) is 11.2. The van der Waals surface area contributed by atoms with E-state index in [9.17, 15) is 8.42 Å². The highest BCUT2D eigenvalue weighted by Gasteiger charge is 2.18. The Balaban J connectivity index is 2.36.